The fourth-order valence-corrected chi connectivity index (χ4v) is 5.25. The van der Waals surface area contributed by atoms with Crippen LogP contribution in [0.4, 0.5) is 0 Å². The van der Waals surface area contributed by atoms with E-state index in [1.54, 1.807) is 22.5 Å². The summed E-state index contributed by atoms with van der Waals surface area (Å²) in [5, 5.41) is 0. The van der Waals surface area contributed by atoms with E-state index in [1.165, 1.54) is 4.88 Å². The maximum absolute atomic E-state index is 12.9. The van der Waals surface area contributed by atoms with Crippen LogP contribution in [0.3, 0.4) is 0 Å². The first kappa shape index (κ1) is 18.7. The monoisotopic (exact) mass is 451 g/mol. The van der Waals surface area contributed by atoms with Gasteiger partial charge in [0.05, 0.1) is 22.5 Å². The van der Waals surface area contributed by atoms with Gasteiger partial charge in [-0.05, 0) is 40.2 Å². The van der Waals surface area contributed by atoms with E-state index in [2.05, 4.69) is 33.0 Å². The molecule has 0 radical (unpaired) electrons. The molecule has 8 heteroatoms. The predicted molar refractivity (Wildman–Crippen MR) is 106 cm³/mol. The molecule has 2 amide bonds. The molecule has 0 bridgehead atoms. The fourth-order valence-electron chi connectivity index (χ4n) is 3.72. The molecular formula is C19H22BrN3O3S. The topological polar surface area (TPSA) is 57.0 Å². The lowest BCUT2D eigenvalue weighted by atomic mass is 10.1. The number of hydrogen-bond acceptors (Lipinski definition) is 5. The van der Waals surface area contributed by atoms with Gasteiger partial charge in [-0.15, -0.1) is 11.3 Å². The zero-order chi connectivity index (χ0) is 18.8. The lowest BCUT2D eigenvalue weighted by molar-refractivity contribution is -0.137. The molecule has 2 aromatic heterocycles. The summed E-state index contributed by atoms with van der Waals surface area (Å²) < 4.78 is 6.47. The van der Waals surface area contributed by atoms with E-state index in [1.807, 2.05) is 17.0 Å². The van der Waals surface area contributed by atoms with Crippen molar-refractivity contribution in [3.8, 4) is 0 Å². The van der Waals surface area contributed by atoms with Gasteiger partial charge >= 0.3 is 0 Å². The lowest BCUT2D eigenvalue weighted by Gasteiger charge is -2.35. The summed E-state index contributed by atoms with van der Waals surface area (Å²) >= 11 is 5.26. The number of amides is 2. The number of hydrogen-bond donors (Lipinski definition) is 0. The fraction of sp³-hybridized carbons (Fsp3) is 0.474. The van der Waals surface area contributed by atoms with Crippen LogP contribution in [0.25, 0.3) is 0 Å². The van der Waals surface area contributed by atoms with Crippen LogP contribution in [-0.4, -0.2) is 59.2 Å². The number of carbonyl (C=O) groups is 2. The van der Waals surface area contributed by atoms with Gasteiger partial charge in [-0.1, -0.05) is 0 Å². The number of rotatable bonds is 5. The zero-order valence-electron chi connectivity index (χ0n) is 15.0. The van der Waals surface area contributed by atoms with E-state index >= 15 is 0 Å². The van der Waals surface area contributed by atoms with Gasteiger partial charge in [-0.3, -0.25) is 14.5 Å². The molecule has 6 nitrogen and oxygen atoms in total. The molecule has 2 aromatic rings. The molecule has 0 aliphatic carbocycles. The number of carbonyl (C=O) groups excluding carboxylic acids is 2. The van der Waals surface area contributed by atoms with E-state index in [4.69, 9.17) is 4.42 Å². The summed E-state index contributed by atoms with van der Waals surface area (Å²) in [7, 11) is 0. The molecule has 1 unspecified atom stereocenters. The molecule has 2 aliphatic heterocycles. The van der Waals surface area contributed by atoms with Gasteiger partial charge in [0.15, 0.2) is 0 Å². The van der Waals surface area contributed by atoms with Gasteiger partial charge in [-0.2, -0.15) is 0 Å². The average Bonchev–Trinajstić information content (AvgIpc) is 3.39. The van der Waals surface area contributed by atoms with Crippen molar-refractivity contribution in [2.75, 3.05) is 32.7 Å². The Kier molecular flexibility index (Phi) is 5.66. The molecule has 0 aromatic carbocycles. The number of likely N-dealkylation sites (tertiary alicyclic amines) is 1. The van der Waals surface area contributed by atoms with Crippen molar-refractivity contribution in [1.29, 1.82) is 0 Å². The molecular weight excluding hydrogens is 430 g/mol. The third-order valence-electron chi connectivity index (χ3n) is 5.18. The highest BCUT2D eigenvalue weighted by molar-refractivity contribution is 9.11. The third kappa shape index (κ3) is 4.44. The Balaban J connectivity index is 1.27. The minimum atomic E-state index is -0.229. The SMILES string of the molecule is O=C1CC(C(=O)N2CCN(Cc3ccc(Br)s3)CC2)CN1Cc1ccco1. The van der Waals surface area contributed by atoms with E-state index in [9.17, 15) is 9.59 Å². The predicted octanol–water partition coefficient (Wildman–Crippen LogP) is 2.80. The first-order chi connectivity index (χ1) is 13.1. The summed E-state index contributed by atoms with van der Waals surface area (Å²) in [6.45, 7) is 5.07. The van der Waals surface area contributed by atoms with E-state index < -0.39 is 0 Å². The Morgan fingerprint density at radius 2 is 2.00 bits per heavy atom. The Morgan fingerprint density at radius 1 is 1.19 bits per heavy atom. The maximum atomic E-state index is 12.9. The van der Waals surface area contributed by atoms with Crippen molar-refractivity contribution in [1.82, 2.24) is 14.7 Å². The molecule has 2 aliphatic rings. The third-order valence-corrected chi connectivity index (χ3v) is 6.79. The van der Waals surface area contributed by atoms with Crippen LogP contribution in [0.2, 0.25) is 0 Å². The summed E-state index contributed by atoms with van der Waals surface area (Å²) in [4.78, 5) is 32.5. The van der Waals surface area contributed by atoms with Gasteiger partial charge in [0.25, 0.3) is 0 Å². The Bertz CT molecular complexity index is 799. The minimum Gasteiger partial charge on any atom is -0.467 e. The number of halogens is 1. The van der Waals surface area contributed by atoms with Crippen LogP contribution < -0.4 is 0 Å². The van der Waals surface area contributed by atoms with Crippen molar-refractivity contribution in [3.63, 3.8) is 0 Å². The van der Waals surface area contributed by atoms with Gasteiger partial charge in [0.1, 0.15) is 5.76 Å². The quantitative estimate of drug-likeness (QED) is 0.700. The molecule has 0 saturated carbocycles. The molecule has 1 atom stereocenters. The molecule has 4 heterocycles. The zero-order valence-corrected chi connectivity index (χ0v) is 17.4. The highest BCUT2D eigenvalue weighted by Gasteiger charge is 2.37. The van der Waals surface area contributed by atoms with E-state index in [0.717, 1.165) is 42.3 Å². The smallest absolute Gasteiger partial charge is 0.228 e. The Labute approximate surface area is 170 Å². The average molecular weight is 452 g/mol. The highest BCUT2D eigenvalue weighted by Crippen LogP contribution is 2.25. The molecule has 4 rings (SSSR count). The molecule has 2 fully saturated rings. The van der Waals surface area contributed by atoms with E-state index in [-0.39, 0.29) is 17.7 Å². The second-order valence-electron chi connectivity index (χ2n) is 7.06. The Morgan fingerprint density at radius 3 is 2.67 bits per heavy atom. The van der Waals surface area contributed by atoms with Gasteiger partial charge in [0.2, 0.25) is 11.8 Å². The summed E-state index contributed by atoms with van der Waals surface area (Å²) in [5.74, 6) is 0.674. The normalized spacial score (nSPS) is 21.2. The van der Waals surface area contributed by atoms with Crippen LogP contribution in [0.1, 0.15) is 17.1 Å². The largest absolute Gasteiger partial charge is 0.467 e. The van der Waals surface area contributed by atoms with Crippen LogP contribution in [-0.2, 0) is 22.7 Å². The Hall–Kier alpha value is -1.64. The van der Waals surface area contributed by atoms with Gasteiger partial charge < -0.3 is 14.2 Å². The van der Waals surface area contributed by atoms with Crippen molar-refractivity contribution < 1.29 is 14.0 Å². The van der Waals surface area contributed by atoms with Crippen molar-refractivity contribution >= 4 is 39.1 Å². The standard InChI is InChI=1S/C19H22BrN3O3S/c20-17-4-3-16(27-17)13-21-5-7-22(8-6-21)19(25)14-10-18(24)23(11-14)12-15-2-1-9-26-15/h1-4,9,14H,5-8,10-13H2. The first-order valence-electron chi connectivity index (χ1n) is 9.14. The second kappa shape index (κ2) is 8.16. The van der Waals surface area contributed by atoms with Crippen molar-refractivity contribution in [2.24, 2.45) is 5.92 Å². The summed E-state index contributed by atoms with van der Waals surface area (Å²) in [5.41, 5.74) is 0. The van der Waals surface area contributed by atoms with Crippen LogP contribution in [0.15, 0.2) is 38.7 Å². The summed E-state index contributed by atoms with van der Waals surface area (Å²) in [6, 6.07) is 7.88. The number of piperazine rings is 1. The van der Waals surface area contributed by atoms with Crippen LogP contribution in [0.5, 0.6) is 0 Å². The lowest BCUT2D eigenvalue weighted by Crippen LogP contribution is -2.50. The molecule has 144 valence electrons. The van der Waals surface area contributed by atoms with Crippen molar-refractivity contribution in [3.05, 3.63) is 45.0 Å². The first-order valence-corrected chi connectivity index (χ1v) is 10.7. The molecule has 2 saturated heterocycles. The van der Waals surface area contributed by atoms with Gasteiger partial charge in [0, 0.05) is 50.6 Å². The summed E-state index contributed by atoms with van der Waals surface area (Å²) in [6.07, 6.45) is 1.91. The van der Waals surface area contributed by atoms with E-state index in [0.29, 0.717) is 19.5 Å². The second-order valence-corrected chi connectivity index (χ2v) is 9.61. The molecule has 0 N–H and O–H groups in total. The number of nitrogens with zero attached hydrogens (tertiary/aromatic N) is 3. The van der Waals surface area contributed by atoms with Gasteiger partial charge in [-0.25, -0.2) is 0 Å². The molecule has 0 spiro atoms. The maximum Gasteiger partial charge on any atom is 0.228 e. The highest BCUT2D eigenvalue weighted by atomic mass is 79.9. The van der Waals surface area contributed by atoms with Crippen LogP contribution in [0, 0.1) is 5.92 Å². The number of thiophene rings is 1. The minimum absolute atomic E-state index is 0.0339. The number of furan rings is 1. The van der Waals surface area contributed by atoms with Crippen LogP contribution >= 0.6 is 27.3 Å². The molecule has 27 heavy (non-hydrogen) atoms. The van der Waals surface area contributed by atoms with Crippen molar-refractivity contribution in [2.45, 2.75) is 19.5 Å².